The first kappa shape index (κ1) is 19.2. The molecule has 5 heteroatoms. The number of halogens is 1. The minimum atomic E-state index is -0.226. The average molecular weight is 369 g/mol. The first-order valence-corrected chi connectivity index (χ1v) is 9.57. The molecule has 3 rings (SSSR count). The largest absolute Gasteiger partial charge is 0.376 e. The second-order valence-corrected chi connectivity index (χ2v) is 7.39. The lowest BCUT2D eigenvalue weighted by molar-refractivity contribution is -0.129. The maximum atomic E-state index is 13.1. The Morgan fingerprint density at radius 3 is 2.37 bits per heavy atom. The van der Waals surface area contributed by atoms with Crippen molar-refractivity contribution < 1.29 is 9.18 Å². The van der Waals surface area contributed by atoms with Crippen LogP contribution in [0.15, 0.2) is 42.5 Å². The fourth-order valence-electron chi connectivity index (χ4n) is 3.55. The number of benzene rings is 2. The quantitative estimate of drug-likeness (QED) is 0.865. The molecule has 0 spiro atoms. The summed E-state index contributed by atoms with van der Waals surface area (Å²) >= 11 is 0. The first-order valence-electron chi connectivity index (χ1n) is 9.57. The number of nitrogens with zero attached hydrogens (tertiary/aromatic N) is 2. The zero-order chi connectivity index (χ0) is 19.4. The summed E-state index contributed by atoms with van der Waals surface area (Å²) in [6.45, 7) is 9.59. The summed E-state index contributed by atoms with van der Waals surface area (Å²) in [5.41, 5.74) is 4.48. The molecule has 4 nitrogen and oxygen atoms in total. The summed E-state index contributed by atoms with van der Waals surface area (Å²) in [6.07, 6.45) is 0. The lowest BCUT2D eigenvalue weighted by Crippen LogP contribution is -2.50. The van der Waals surface area contributed by atoms with E-state index in [9.17, 15) is 9.18 Å². The van der Waals surface area contributed by atoms with E-state index in [1.807, 2.05) is 4.90 Å². The van der Waals surface area contributed by atoms with Gasteiger partial charge in [0.05, 0.1) is 6.54 Å². The van der Waals surface area contributed by atoms with Crippen molar-refractivity contribution in [2.45, 2.75) is 26.7 Å². The van der Waals surface area contributed by atoms with Gasteiger partial charge in [0.1, 0.15) is 5.82 Å². The van der Waals surface area contributed by atoms with Crippen LogP contribution in [0.4, 0.5) is 15.8 Å². The Morgan fingerprint density at radius 1 is 1.07 bits per heavy atom. The Hall–Kier alpha value is -2.56. The van der Waals surface area contributed by atoms with E-state index in [1.165, 1.54) is 17.7 Å². The van der Waals surface area contributed by atoms with Crippen LogP contribution in [0.1, 0.15) is 30.9 Å². The molecule has 144 valence electrons. The third kappa shape index (κ3) is 4.59. The number of carbonyl (C=O) groups excluding carboxylic acids is 1. The van der Waals surface area contributed by atoms with Gasteiger partial charge in [0.2, 0.25) is 5.91 Å². The summed E-state index contributed by atoms with van der Waals surface area (Å²) in [5.74, 6) is 0.295. The summed E-state index contributed by atoms with van der Waals surface area (Å²) in [6, 6.07) is 12.8. The molecule has 0 saturated carbocycles. The smallest absolute Gasteiger partial charge is 0.241 e. The molecule has 1 N–H and O–H groups in total. The van der Waals surface area contributed by atoms with Gasteiger partial charge in [-0.25, -0.2) is 4.39 Å². The predicted molar refractivity (Wildman–Crippen MR) is 109 cm³/mol. The van der Waals surface area contributed by atoms with Crippen LogP contribution in [-0.4, -0.2) is 43.5 Å². The number of aryl methyl sites for hydroxylation is 1. The number of nitrogens with one attached hydrogen (secondary N) is 1. The second kappa shape index (κ2) is 8.42. The SMILES string of the molecule is Cc1cccc(C(C)C)c1NCC(=O)N1CCN(c2ccc(F)cc2)CC1. The zero-order valence-electron chi connectivity index (χ0n) is 16.3. The van der Waals surface area contributed by atoms with Crippen LogP contribution in [0.5, 0.6) is 0 Å². The molecule has 2 aromatic rings. The van der Waals surface area contributed by atoms with Gasteiger partial charge in [0, 0.05) is 37.6 Å². The molecule has 0 bridgehead atoms. The van der Waals surface area contributed by atoms with Gasteiger partial charge in [-0.15, -0.1) is 0 Å². The fraction of sp³-hybridized carbons (Fsp3) is 0.409. The van der Waals surface area contributed by atoms with E-state index in [0.717, 1.165) is 30.0 Å². The average Bonchev–Trinajstić information content (AvgIpc) is 2.67. The van der Waals surface area contributed by atoms with Gasteiger partial charge < -0.3 is 15.1 Å². The van der Waals surface area contributed by atoms with Crippen LogP contribution < -0.4 is 10.2 Å². The molecule has 0 radical (unpaired) electrons. The van der Waals surface area contributed by atoms with E-state index in [-0.39, 0.29) is 11.7 Å². The zero-order valence-corrected chi connectivity index (χ0v) is 16.3. The molecule has 1 aliphatic rings. The highest BCUT2D eigenvalue weighted by molar-refractivity contribution is 5.82. The second-order valence-electron chi connectivity index (χ2n) is 7.39. The molecule has 2 aromatic carbocycles. The molecule has 0 aliphatic carbocycles. The molecule has 1 heterocycles. The molecule has 0 atom stereocenters. The number of carbonyl (C=O) groups is 1. The van der Waals surface area contributed by atoms with Crippen molar-refractivity contribution >= 4 is 17.3 Å². The summed E-state index contributed by atoms with van der Waals surface area (Å²) in [5, 5.41) is 3.36. The lowest BCUT2D eigenvalue weighted by atomic mass is 9.98. The third-order valence-electron chi connectivity index (χ3n) is 5.17. The number of anilines is 2. The van der Waals surface area contributed by atoms with Crippen molar-refractivity contribution in [3.05, 3.63) is 59.4 Å². The summed E-state index contributed by atoms with van der Waals surface area (Å²) in [7, 11) is 0. The molecule has 1 fully saturated rings. The Morgan fingerprint density at radius 2 is 1.74 bits per heavy atom. The van der Waals surface area contributed by atoms with E-state index in [4.69, 9.17) is 0 Å². The maximum Gasteiger partial charge on any atom is 0.241 e. The number of para-hydroxylation sites is 1. The van der Waals surface area contributed by atoms with Gasteiger partial charge in [-0.2, -0.15) is 0 Å². The first-order chi connectivity index (χ1) is 13.0. The van der Waals surface area contributed by atoms with Crippen molar-refractivity contribution in [3.8, 4) is 0 Å². The summed E-state index contributed by atoms with van der Waals surface area (Å²) < 4.78 is 13.1. The number of amides is 1. The van der Waals surface area contributed by atoms with E-state index < -0.39 is 0 Å². The number of hydrogen-bond acceptors (Lipinski definition) is 3. The van der Waals surface area contributed by atoms with Gasteiger partial charge in [-0.1, -0.05) is 32.0 Å². The Bertz CT molecular complexity index is 781. The highest BCUT2D eigenvalue weighted by Crippen LogP contribution is 2.27. The van der Waals surface area contributed by atoms with Crippen LogP contribution >= 0.6 is 0 Å². The molecule has 1 amide bonds. The van der Waals surface area contributed by atoms with E-state index in [0.29, 0.717) is 25.6 Å². The van der Waals surface area contributed by atoms with Crippen LogP contribution in [0.2, 0.25) is 0 Å². The van der Waals surface area contributed by atoms with Crippen molar-refractivity contribution in [2.24, 2.45) is 0 Å². The molecule has 27 heavy (non-hydrogen) atoms. The number of piperazine rings is 1. The molecule has 0 unspecified atom stereocenters. The third-order valence-corrected chi connectivity index (χ3v) is 5.17. The van der Waals surface area contributed by atoms with Crippen molar-refractivity contribution in [1.82, 2.24) is 4.90 Å². The van der Waals surface area contributed by atoms with E-state index in [1.54, 1.807) is 12.1 Å². The minimum Gasteiger partial charge on any atom is -0.376 e. The van der Waals surface area contributed by atoms with E-state index >= 15 is 0 Å². The van der Waals surface area contributed by atoms with Crippen LogP contribution in [0.3, 0.4) is 0 Å². The highest BCUT2D eigenvalue weighted by atomic mass is 19.1. The van der Waals surface area contributed by atoms with Gasteiger partial charge in [-0.05, 0) is 48.2 Å². The maximum absolute atomic E-state index is 13.1. The molecule has 1 saturated heterocycles. The van der Waals surface area contributed by atoms with Gasteiger partial charge in [-0.3, -0.25) is 4.79 Å². The van der Waals surface area contributed by atoms with Crippen LogP contribution in [0.25, 0.3) is 0 Å². The van der Waals surface area contributed by atoms with Crippen molar-refractivity contribution in [2.75, 3.05) is 42.9 Å². The van der Waals surface area contributed by atoms with E-state index in [2.05, 4.69) is 49.2 Å². The monoisotopic (exact) mass is 369 g/mol. The molecular weight excluding hydrogens is 341 g/mol. The highest BCUT2D eigenvalue weighted by Gasteiger charge is 2.21. The number of hydrogen-bond donors (Lipinski definition) is 1. The van der Waals surface area contributed by atoms with Gasteiger partial charge in [0.25, 0.3) is 0 Å². The Labute approximate surface area is 161 Å². The van der Waals surface area contributed by atoms with Crippen LogP contribution in [-0.2, 0) is 4.79 Å². The molecular formula is C22H28FN3O. The normalized spacial score (nSPS) is 14.6. The summed E-state index contributed by atoms with van der Waals surface area (Å²) in [4.78, 5) is 16.7. The lowest BCUT2D eigenvalue weighted by Gasteiger charge is -2.36. The Kier molecular flexibility index (Phi) is 5.99. The van der Waals surface area contributed by atoms with Gasteiger partial charge in [0.15, 0.2) is 0 Å². The van der Waals surface area contributed by atoms with Gasteiger partial charge >= 0.3 is 0 Å². The topological polar surface area (TPSA) is 35.6 Å². The van der Waals surface area contributed by atoms with Crippen molar-refractivity contribution in [1.29, 1.82) is 0 Å². The number of rotatable bonds is 5. The Balaban J connectivity index is 1.55. The predicted octanol–water partition coefficient (Wildman–Crippen LogP) is 4.02. The molecule has 1 aliphatic heterocycles. The standard InChI is InChI=1S/C22H28FN3O/c1-16(2)20-6-4-5-17(3)22(20)24-15-21(27)26-13-11-25(12-14-26)19-9-7-18(23)8-10-19/h4-10,16,24H,11-15H2,1-3H3. The van der Waals surface area contributed by atoms with Crippen molar-refractivity contribution in [3.63, 3.8) is 0 Å². The fourth-order valence-corrected chi connectivity index (χ4v) is 3.55. The minimum absolute atomic E-state index is 0.117. The molecule has 0 aromatic heterocycles. The van der Waals surface area contributed by atoms with Crippen LogP contribution in [0, 0.1) is 12.7 Å².